The minimum absolute atomic E-state index is 0.0509. The molecule has 0 atom stereocenters. The fourth-order valence-corrected chi connectivity index (χ4v) is 4.83. The maximum absolute atomic E-state index is 12.8. The molecular weight excluding hydrogens is 532 g/mol. The zero-order valence-electron chi connectivity index (χ0n) is 21.6. The normalized spacial score (nSPS) is 13.2. The van der Waals surface area contributed by atoms with Gasteiger partial charge in [-0.25, -0.2) is 0 Å². The number of hydrogen-bond donors (Lipinski definition) is 1. The Hall–Kier alpha value is -4.71. The van der Waals surface area contributed by atoms with E-state index >= 15 is 0 Å². The summed E-state index contributed by atoms with van der Waals surface area (Å²) in [6.07, 6.45) is 0. The van der Waals surface area contributed by atoms with Crippen molar-refractivity contribution in [3.05, 3.63) is 94.0 Å². The van der Waals surface area contributed by atoms with Crippen molar-refractivity contribution in [2.24, 2.45) is 0 Å². The molecule has 11 nitrogen and oxygen atoms in total. The lowest BCUT2D eigenvalue weighted by molar-refractivity contribution is -0.384. The average molecular weight is 559 g/mol. The molecule has 5 rings (SSSR count). The predicted octanol–water partition coefficient (Wildman–Crippen LogP) is 4.65. The van der Waals surface area contributed by atoms with Crippen LogP contribution >= 0.6 is 11.8 Å². The Bertz CT molecular complexity index is 1510. The number of anilines is 2. The summed E-state index contributed by atoms with van der Waals surface area (Å²) >= 11 is 1.07. The first-order valence-electron chi connectivity index (χ1n) is 12.6. The van der Waals surface area contributed by atoms with Gasteiger partial charge in [0.15, 0.2) is 0 Å². The molecule has 0 bridgehead atoms. The van der Waals surface area contributed by atoms with E-state index in [4.69, 9.17) is 4.42 Å². The van der Waals surface area contributed by atoms with Crippen LogP contribution in [0.2, 0.25) is 0 Å². The molecular formula is C28H26N6O5S. The highest BCUT2D eigenvalue weighted by Crippen LogP contribution is 2.26. The summed E-state index contributed by atoms with van der Waals surface area (Å²) in [5.74, 6) is 0.00459. The molecule has 0 radical (unpaired) electrons. The summed E-state index contributed by atoms with van der Waals surface area (Å²) in [4.78, 5) is 39.8. The van der Waals surface area contributed by atoms with Crippen LogP contribution in [-0.4, -0.2) is 63.8 Å². The summed E-state index contributed by atoms with van der Waals surface area (Å²) in [6, 6.07) is 21.1. The predicted molar refractivity (Wildman–Crippen MR) is 151 cm³/mol. The molecule has 1 aliphatic rings. The van der Waals surface area contributed by atoms with Crippen LogP contribution in [0.1, 0.15) is 15.9 Å². The third kappa shape index (κ3) is 6.46. The Balaban J connectivity index is 1.09. The topological polar surface area (TPSA) is 135 Å². The van der Waals surface area contributed by atoms with Crippen LogP contribution in [0.5, 0.6) is 0 Å². The Kier molecular flexibility index (Phi) is 8.06. The standard InChI is InChI=1S/C28H26N6O5S/c1-19-5-7-20(8-6-19)27(36)33-15-13-32(14-16-33)23-11-9-22(10-12-23)29-25(35)18-40-28-31-30-26(39-28)21-3-2-4-24(17-21)34(37)38/h2-12,17H,13-16,18H2,1H3,(H,29,35). The molecule has 1 saturated heterocycles. The third-order valence-corrected chi connectivity index (χ3v) is 7.24. The van der Waals surface area contributed by atoms with Crippen LogP contribution in [-0.2, 0) is 4.79 Å². The number of aryl methyl sites for hydroxylation is 1. The van der Waals surface area contributed by atoms with Gasteiger partial charge in [0.1, 0.15) is 0 Å². The van der Waals surface area contributed by atoms with Gasteiger partial charge in [-0.1, -0.05) is 35.5 Å². The van der Waals surface area contributed by atoms with E-state index in [1.54, 1.807) is 6.07 Å². The number of benzene rings is 3. The number of non-ortho nitro benzene ring substituents is 1. The number of rotatable bonds is 8. The monoisotopic (exact) mass is 558 g/mol. The number of nitrogens with one attached hydrogen (secondary N) is 1. The number of piperazine rings is 1. The molecule has 2 heterocycles. The Morgan fingerprint density at radius 2 is 1.73 bits per heavy atom. The van der Waals surface area contributed by atoms with Gasteiger partial charge in [0.2, 0.25) is 11.8 Å². The number of nitrogens with zero attached hydrogens (tertiary/aromatic N) is 5. The first kappa shape index (κ1) is 26.9. The first-order chi connectivity index (χ1) is 19.4. The number of nitro groups is 1. The third-order valence-electron chi connectivity index (χ3n) is 6.42. The molecule has 0 saturated carbocycles. The number of thioether (sulfide) groups is 1. The van der Waals surface area contributed by atoms with Gasteiger partial charge in [-0.05, 0) is 49.4 Å². The van der Waals surface area contributed by atoms with E-state index in [1.165, 1.54) is 18.2 Å². The summed E-state index contributed by atoms with van der Waals surface area (Å²) in [5.41, 5.74) is 3.86. The zero-order chi connectivity index (χ0) is 28.1. The Morgan fingerprint density at radius 3 is 2.42 bits per heavy atom. The van der Waals surface area contributed by atoms with E-state index in [0.717, 1.165) is 36.1 Å². The van der Waals surface area contributed by atoms with Gasteiger partial charge >= 0.3 is 0 Å². The van der Waals surface area contributed by atoms with Gasteiger partial charge in [0.05, 0.1) is 10.7 Å². The number of carbonyl (C=O) groups excluding carboxylic acids is 2. The minimum atomic E-state index is -0.498. The van der Waals surface area contributed by atoms with Gasteiger partial charge in [0.25, 0.3) is 16.8 Å². The van der Waals surface area contributed by atoms with Crippen molar-refractivity contribution in [3.63, 3.8) is 0 Å². The molecule has 0 unspecified atom stereocenters. The fourth-order valence-electron chi connectivity index (χ4n) is 4.26. The number of aromatic nitrogens is 2. The Labute approximate surface area is 234 Å². The van der Waals surface area contributed by atoms with Crippen LogP contribution in [0.3, 0.4) is 0 Å². The van der Waals surface area contributed by atoms with Crippen LogP contribution in [0.25, 0.3) is 11.5 Å². The molecule has 40 heavy (non-hydrogen) atoms. The largest absolute Gasteiger partial charge is 0.411 e. The van der Waals surface area contributed by atoms with Gasteiger partial charge in [-0.3, -0.25) is 19.7 Å². The van der Waals surface area contributed by atoms with Gasteiger partial charge in [-0.2, -0.15) is 0 Å². The molecule has 1 aliphatic heterocycles. The molecule has 1 N–H and O–H groups in total. The number of carbonyl (C=O) groups is 2. The molecule has 3 aromatic carbocycles. The van der Waals surface area contributed by atoms with Gasteiger partial charge in [-0.15, -0.1) is 10.2 Å². The van der Waals surface area contributed by atoms with Crippen molar-refractivity contribution < 1.29 is 18.9 Å². The molecule has 1 fully saturated rings. The summed E-state index contributed by atoms with van der Waals surface area (Å²) in [5, 5.41) is 21.8. The highest BCUT2D eigenvalue weighted by Gasteiger charge is 2.22. The number of nitro benzene ring substituents is 1. The van der Waals surface area contributed by atoms with Crippen LogP contribution in [0.4, 0.5) is 17.1 Å². The van der Waals surface area contributed by atoms with Crippen LogP contribution in [0, 0.1) is 17.0 Å². The van der Waals surface area contributed by atoms with E-state index in [9.17, 15) is 19.7 Å². The summed E-state index contributed by atoms with van der Waals surface area (Å²) in [7, 11) is 0. The van der Waals surface area contributed by atoms with Crippen molar-refractivity contribution in [1.82, 2.24) is 15.1 Å². The van der Waals surface area contributed by atoms with E-state index in [0.29, 0.717) is 29.9 Å². The molecule has 1 aromatic heterocycles. The number of amides is 2. The van der Waals surface area contributed by atoms with E-state index < -0.39 is 4.92 Å². The lowest BCUT2D eigenvalue weighted by atomic mass is 10.1. The fraction of sp³-hybridized carbons (Fsp3) is 0.214. The van der Waals surface area contributed by atoms with Gasteiger partial charge in [0, 0.05) is 60.8 Å². The van der Waals surface area contributed by atoms with Gasteiger partial charge < -0.3 is 19.5 Å². The number of hydrogen-bond acceptors (Lipinski definition) is 9. The van der Waals surface area contributed by atoms with E-state index in [2.05, 4.69) is 20.4 Å². The highest BCUT2D eigenvalue weighted by molar-refractivity contribution is 7.99. The second kappa shape index (κ2) is 12.0. The minimum Gasteiger partial charge on any atom is -0.411 e. The lowest BCUT2D eigenvalue weighted by Crippen LogP contribution is -2.48. The molecule has 0 aliphatic carbocycles. The second-order valence-corrected chi connectivity index (χ2v) is 10.1. The van der Waals surface area contributed by atoms with Crippen LogP contribution < -0.4 is 10.2 Å². The van der Waals surface area contributed by atoms with Crippen molar-refractivity contribution in [1.29, 1.82) is 0 Å². The molecule has 2 amide bonds. The van der Waals surface area contributed by atoms with Crippen LogP contribution in [0.15, 0.2) is 82.4 Å². The van der Waals surface area contributed by atoms with Crippen molar-refractivity contribution in [2.45, 2.75) is 12.1 Å². The molecule has 0 spiro atoms. The SMILES string of the molecule is Cc1ccc(C(=O)N2CCN(c3ccc(NC(=O)CSc4nnc(-c5cccc([N+](=O)[O-])c5)o4)cc3)CC2)cc1. The smallest absolute Gasteiger partial charge is 0.277 e. The maximum Gasteiger partial charge on any atom is 0.277 e. The maximum atomic E-state index is 12.8. The first-order valence-corrected chi connectivity index (χ1v) is 13.6. The van der Waals surface area contributed by atoms with Crippen molar-refractivity contribution >= 4 is 40.6 Å². The van der Waals surface area contributed by atoms with E-state index in [-0.39, 0.29) is 34.4 Å². The second-order valence-electron chi connectivity index (χ2n) is 9.21. The van der Waals surface area contributed by atoms with Crippen molar-refractivity contribution in [3.8, 4) is 11.5 Å². The molecule has 12 heteroatoms. The Morgan fingerprint density at radius 1 is 1.00 bits per heavy atom. The average Bonchev–Trinajstić information content (AvgIpc) is 3.46. The highest BCUT2D eigenvalue weighted by atomic mass is 32.2. The summed E-state index contributed by atoms with van der Waals surface area (Å²) in [6.45, 7) is 4.73. The summed E-state index contributed by atoms with van der Waals surface area (Å²) < 4.78 is 5.55. The van der Waals surface area contributed by atoms with Crippen molar-refractivity contribution in [2.75, 3.05) is 42.1 Å². The quantitative estimate of drug-likeness (QED) is 0.186. The molecule has 204 valence electrons. The van der Waals surface area contributed by atoms with E-state index in [1.807, 2.05) is 60.4 Å². The lowest BCUT2D eigenvalue weighted by Gasteiger charge is -2.36. The zero-order valence-corrected chi connectivity index (χ0v) is 22.5. The molecule has 4 aromatic rings.